The summed E-state index contributed by atoms with van der Waals surface area (Å²) in [5, 5.41) is 9.40. The van der Waals surface area contributed by atoms with Crippen LogP contribution in [0.3, 0.4) is 0 Å². The number of aliphatic carboxylic acids is 1. The molecule has 8 nitrogen and oxygen atoms in total. The van der Waals surface area contributed by atoms with Gasteiger partial charge < -0.3 is 14.3 Å². The van der Waals surface area contributed by atoms with E-state index in [1.165, 1.54) is 18.2 Å². The quantitative estimate of drug-likeness (QED) is 0.546. The average Bonchev–Trinajstić information content (AvgIpc) is 3.41. The molecule has 0 unspecified atom stereocenters. The molecule has 0 bridgehead atoms. The maximum absolute atomic E-state index is 12.9. The van der Waals surface area contributed by atoms with Gasteiger partial charge in [-0.2, -0.15) is 4.31 Å². The summed E-state index contributed by atoms with van der Waals surface area (Å²) in [5.74, 6) is 0.209. The fourth-order valence-electron chi connectivity index (χ4n) is 3.58. The smallest absolute Gasteiger partial charge is 0.322 e. The van der Waals surface area contributed by atoms with Crippen LogP contribution in [0.2, 0.25) is 5.02 Å². The van der Waals surface area contributed by atoms with Crippen molar-refractivity contribution in [1.29, 1.82) is 0 Å². The molecule has 0 radical (unpaired) electrons. The molecule has 0 amide bonds. The SMILES string of the molecule is Cc1oc(-c2ccccc2)nc1COc1ccc(S(=O)(=O)N2CCC[C@@H]2C(=O)O)cc1Cl. The number of ether oxygens (including phenoxy) is 1. The summed E-state index contributed by atoms with van der Waals surface area (Å²) in [4.78, 5) is 15.8. The molecular weight excluding hydrogens is 456 g/mol. The van der Waals surface area contributed by atoms with E-state index in [4.69, 9.17) is 20.8 Å². The predicted molar refractivity (Wildman–Crippen MR) is 117 cm³/mol. The molecule has 2 aromatic carbocycles. The highest BCUT2D eigenvalue weighted by Gasteiger charge is 2.39. The Labute approximate surface area is 190 Å². The first-order valence-corrected chi connectivity index (χ1v) is 11.8. The van der Waals surface area contributed by atoms with Crippen LogP contribution in [0.15, 0.2) is 57.8 Å². The number of aryl methyl sites for hydroxylation is 1. The molecule has 1 aliphatic heterocycles. The minimum atomic E-state index is -3.99. The van der Waals surface area contributed by atoms with Gasteiger partial charge >= 0.3 is 5.97 Å². The van der Waals surface area contributed by atoms with Crippen LogP contribution >= 0.6 is 11.6 Å². The van der Waals surface area contributed by atoms with Crippen LogP contribution in [0.1, 0.15) is 24.3 Å². The van der Waals surface area contributed by atoms with Crippen molar-refractivity contribution >= 4 is 27.6 Å². The Morgan fingerprint density at radius 2 is 2.03 bits per heavy atom. The van der Waals surface area contributed by atoms with Crippen LogP contribution in [-0.4, -0.2) is 41.4 Å². The standard InChI is InChI=1S/C22H21ClN2O6S/c1-14-18(24-21(31-14)15-6-3-2-4-7-15)13-30-20-10-9-16(12-17(20)23)32(28,29)25-11-5-8-19(25)22(26)27/h2-4,6-7,9-10,12,19H,5,8,11,13H2,1H3,(H,26,27)/t19-/m1/s1. The van der Waals surface area contributed by atoms with Gasteiger partial charge in [0.1, 0.15) is 29.9 Å². The Kier molecular flexibility index (Phi) is 6.23. The van der Waals surface area contributed by atoms with Crippen LogP contribution in [0.25, 0.3) is 11.5 Å². The Bertz CT molecular complexity index is 1240. The van der Waals surface area contributed by atoms with E-state index in [1.807, 2.05) is 30.3 Å². The summed E-state index contributed by atoms with van der Waals surface area (Å²) in [6.07, 6.45) is 0.776. The third-order valence-corrected chi connectivity index (χ3v) is 7.48. The number of hydrogen-bond donors (Lipinski definition) is 1. The van der Waals surface area contributed by atoms with Crippen molar-refractivity contribution in [3.05, 3.63) is 65.0 Å². The number of rotatable bonds is 7. The Hall–Kier alpha value is -2.88. The molecule has 4 rings (SSSR count). The molecular formula is C22H21ClN2O6S. The highest BCUT2D eigenvalue weighted by molar-refractivity contribution is 7.89. The van der Waals surface area contributed by atoms with Crippen LogP contribution in [0.4, 0.5) is 0 Å². The highest BCUT2D eigenvalue weighted by Crippen LogP contribution is 2.32. The minimum Gasteiger partial charge on any atom is -0.486 e. The van der Waals surface area contributed by atoms with Crippen molar-refractivity contribution in [2.24, 2.45) is 0 Å². The highest BCUT2D eigenvalue weighted by atomic mass is 35.5. The molecule has 32 heavy (non-hydrogen) atoms. The van der Waals surface area contributed by atoms with Crippen molar-refractivity contribution in [2.75, 3.05) is 6.54 Å². The summed E-state index contributed by atoms with van der Waals surface area (Å²) in [6, 6.07) is 12.5. The maximum Gasteiger partial charge on any atom is 0.322 e. The maximum atomic E-state index is 12.9. The second kappa shape index (κ2) is 8.93. The number of hydrogen-bond acceptors (Lipinski definition) is 6. The van der Waals surface area contributed by atoms with Crippen molar-refractivity contribution in [3.8, 4) is 17.2 Å². The number of carboxylic acid groups (broad SMARTS) is 1. The number of nitrogens with zero attached hydrogens (tertiary/aromatic N) is 2. The number of oxazole rings is 1. The van der Waals surface area contributed by atoms with Gasteiger partial charge in [-0.3, -0.25) is 4.79 Å². The number of carbonyl (C=O) groups is 1. The lowest BCUT2D eigenvalue weighted by Gasteiger charge is -2.21. The first-order valence-electron chi connectivity index (χ1n) is 9.96. The number of carboxylic acids is 1. The monoisotopic (exact) mass is 476 g/mol. The normalized spacial score (nSPS) is 16.9. The largest absolute Gasteiger partial charge is 0.486 e. The average molecular weight is 477 g/mol. The van der Waals surface area contributed by atoms with E-state index in [-0.39, 0.29) is 35.2 Å². The van der Waals surface area contributed by atoms with Gasteiger partial charge in [0.15, 0.2) is 0 Å². The molecule has 1 atom stereocenters. The van der Waals surface area contributed by atoms with Crippen LogP contribution in [0, 0.1) is 6.92 Å². The van der Waals surface area contributed by atoms with E-state index in [0.717, 1.165) is 9.87 Å². The molecule has 0 spiro atoms. The van der Waals surface area contributed by atoms with Gasteiger partial charge in [-0.25, -0.2) is 13.4 Å². The van der Waals surface area contributed by atoms with Crippen molar-refractivity contribution in [3.63, 3.8) is 0 Å². The predicted octanol–water partition coefficient (Wildman–Crippen LogP) is 4.12. The van der Waals surface area contributed by atoms with Crippen molar-refractivity contribution in [1.82, 2.24) is 9.29 Å². The van der Waals surface area contributed by atoms with E-state index in [9.17, 15) is 18.3 Å². The molecule has 10 heteroatoms. The molecule has 1 aromatic heterocycles. The summed E-state index contributed by atoms with van der Waals surface area (Å²) < 4.78 is 38.3. The van der Waals surface area contributed by atoms with Gasteiger partial charge in [-0.15, -0.1) is 0 Å². The lowest BCUT2D eigenvalue weighted by molar-refractivity contribution is -0.140. The van der Waals surface area contributed by atoms with Crippen molar-refractivity contribution in [2.45, 2.75) is 37.3 Å². The Morgan fingerprint density at radius 1 is 1.28 bits per heavy atom. The zero-order chi connectivity index (χ0) is 22.9. The molecule has 1 aliphatic rings. The Morgan fingerprint density at radius 3 is 2.72 bits per heavy atom. The van der Waals surface area contributed by atoms with Crippen molar-refractivity contribution < 1.29 is 27.5 Å². The van der Waals surface area contributed by atoms with E-state index in [1.54, 1.807) is 6.92 Å². The zero-order valence-corrected chi connectivity index (χ0v) is 18.8. The molecule has 1 saturated heterocycles. The lowest BCUT2D eigenvalue weighted by atomic mass is 10.2. The van der Waals surface area contributed by atoms with Gasteiger partial charge in [0.2, 0.25) is 15.9 Å². The fraction of sp³-hybridized carbons (Fsp3) is 0.273. The van der Waals surface area contributed by atoms with E-state index in [0.29, 0.717) is 23.8 Å². The van der Waals surface area contributed by atoms with Crippen LogP contribution in [0.5, 0.6) is 5.75 Å². The third kappa shape index (κ3) is 4.36. The molecule has 0 aliphatic carbocycles. The van der Waals surface area contributed by atoms with Gasteiger partial charge in [-0.05, 0) is 50.1 Å². The number of benzene rings is 2. The Balaban J connectivity index is 1.50. The fourth-order valence-corrected chi connectivity index (χ4v) is 5.56. The molecule has 0 saturated carbocycles. The van der Waals surface area contributed by atoms with Gasteiger partial charge in [0.25, 0.3) is 0 Å². The lowest BCUT2D eigenvalue weighted by Crippen LogP contribution is -2.40. The molecule has 1 N–H and O–H groups in total. The molecule has 2 heterocycles. The summed E-state index contributed by atoms with van der Waals surface area (Å²) >= 11 is 6.28. The first kappa shape index (κ1) is 22.3. The van der Waals surface area contributed by atoms with Gasteiger partial charge in [-0.1, -0.05) is 29.8 Å². The number of aromatic nitrogens is 1. The van der Waals surface area contributed by atoms with Crippen LogP contribution in [-0.2, 0) is 21.4 Å². The second-order valence-electron chi connectivity index (χ2n) is 7.38. The topological polar surface area (TPSA) is 110 Å². The zero-order valence-electron chi connectivity index (χ0n) is 17.2. The van der Waals surface area contributed by atoms with Gasteiger partial charge in [0, 0.05) is 12.1 Å². The molecule has 3 aromatic rings. The van der Waals surface area contributed by atoms with Gasteiger partial charge in [0.05, 0.1) is 9.92 Å². The summed E-state index contributed by atoms with van der Waals surface area (Å²) in [6.45, 7) is 2.02. The summed E-state index contributed by atoms with van der Waals surface area (Å²) in [7, 11) is -3.99. The minimum absolute atomic E-state index is 0.0769. The molecule has 1 fully saturated rings. The molecule has 168 valence electrons. The summed E-state index contributed by atoms with van der Waals surface area (Å²) in [5.41, 5.74) is 1.44. The van der Waals surface area contributed by atoms with E-state index >= 15 is 0 Å². The number of halogens is 1. The first-order chi connectivity index (χ1) is 15.3. The number of sulfonamides is 1. The van der Waals surface area contributed by atoms with E-state index < -0.39 is 22.0 Å². The second-order valence-corrected chi connectivity index (χ2v) is 9.68. The van der Waals surface area contributed by atoms with Crippen LogP contribution < -0.4 is 4.74 Å². The third-order valence-electron chi connectivity index (χ3n) is 5.28. The van der Waals surface area contributed by atoms with E-state index in [2.05, 4.69) is 4.98 Å².